The maximum absolute atomic E-state index is 16.0. The van der Waals surface area contributed by atoms with E-state index in [9.17, 15) is 14.4 Å². The van der Waals surface area contributed by atoms with Gasteiger partial charge in [0.15, 0.2) is 5.69 Å². The number of hydrogen-bond donors (Lipinski definition) is 2. The number of anilines is 2. The normalized spacial score (nSPS) is 22.1. The van der Waals surface area contributed by atoms with Crippen LogP contribution in [0.2, 0.25) is 0 Å². The number of fused-ring (bicyclic) bond motifs is 2. The minimum Gasteiger partial charge on any atom is -0.443 e. The van der Waals surface area contributed by atoms with Crippen LogP contribution in [0.1, 0.15) is 94.9 Å². The second kappa shape index (κ2) is 12.2. The molecule has 12 heteroatoms. The van der Waals surface area contributed by atoms with Gasteiger partial charge in [-0.1, -0.05) is 31.8 Å². The van der Waals surface area contributed by atoms with Crippen molar-refractivity contribution in [1.29, 1.82) is 0 Å². The quantitative estimate of drug-likeness (QED) is 0.466. The summed E-state index contributed by atoms with van der Waals surface area (Å²) in [7, 11) is 0. The Hall–Kier alpha value is -3.54. The molecule has 1 saturated heterocycles. The number of nitrogens with one attached hydrogen (secondary N) is 2. The van der Waals surface area contributed by atoms with Crippen molar-refractivity contribution in [3.63, 3.8) is 0 Å². The first-order valence-electron chi connectivity index (χ1n) is 15.3. The lowest BCUT2D eigenvalue weighted by molar-refractivity contribution is -0.119. The van der Waals surface area contributed by atoms with Gasteiger partial charge in [-0.15, -0.1) is 0 Å². The van der Waals surface area contributed by atoms with Crippen LogP contribution in [0.25, 0.3) is 0 Å². The van der Waals surface area contributed by atoms with E-state index >= 15 is 4.39 Å². The van der Waals surface area contributed by atoms with Gasteiger partial charge in [-0.2, -0.15) is 0 Å². The zero-order valence-corrected chi connectivity index (χ0v) is 25.6. The molecule has 2 aliphatic heterocycles. The molecule has 5 rings (SSSR count). The summed E-state index contributed by atoms with van der Waals surface area (Å²) in [6, 6.07) is 2.04. The molecule has 3 aliphatic rings. The second-order valence-corrected chi connectivity index (χ2v) is 13.2. The largest absolute Gasteiger partial charge is 0.443 e. The monoisotopic (exact) mass is 599 g/mol. The van der Waals surface area contributed by atoms with Crippen LogP contribution < -0.4 is 15.5 Å². The van der Waals surface area contributed by atoms with Crippen LogP contribution in [0.5, 0.6) is 0 Å². The number of benzene rings is 1. The predicted octanol–water partition coefficient (Wildman–Crippen LogP) is 5.14. The zero-order chi connectivity index (χ0) is 30.9. The number of hydrogen-bond acceptors (Lipinski definition) is 8. The SMILES string of the molecule is CCc1nonc1C(=O)N[C@H](C(=O)Nc1cc(F)c2c(c1)N(C(=O)OC(C)(C)C)CC21CCOCC1)[C@H]1CC[C@H](C)CC1. The number of amides is 3. The molecule has 1 spiro atoms. The third-order valence-corrected chi connectivity index (χ3v) is 8.89. The Balaban J connectivity index is 1.44. The van der Waals surface area contributed by atoms with E-state index in [2.05, 4.69) is 27.9 Å². The number of nitrogens with zero attached hydrogens (tertiary/aromatic N) is 3. The van der Waals surface area contributed by atoms with Crippen LogP contribution in [0, 0.1) is 17.7 Å². The average Bonchev–Trinajstić information content (AvgIpc) is 3.55. The number of aromatic nitrogens is 2. The van der Waals surface area contributed by atoms with Crippen LogP contribution >= 0.6 is 0 Å². The summed E-state index contributed by atoms with van der Waals surface area (Å²) < 4.78 is 32.0. The summed E-state index contributed by atoms with van der Waals surface area (Å²) in [6.07, 6.45) is 4.37. The smallest absolute Gasteiger partial charge is 0.414 e. The van der Waals surface area contributed by atoms with E-state index in [4.69, 9.17) is 14.1 Å². The fourth-order valence-electron chi connectivity index (χ4n) is 6.58. The Bertz CT molecular complexity index is 1360. The molecule has 2 fully saturated rings. The molecule has 11 nitrogen and oxygen atoms in total. The van der Waals surface area contributed by atoms with Crippen molar-refractivity contribution >= 4 is 29.3 Å². The molecule has 234 valence electrons. The van der Waals surface area contributed by atoms with E-state index in [-0.39, 0.29) is 23.8 Å². The second-order valence-electron chi connectivity index (χ2n) is 13.2. The molecule has 2 aromatic rings. The van der Waals surface area contributed by atoms with Gasteiger partial charge in [-0.3, -0.25) is 14.5 Å². The van der Waals surface area contributed by atoms with Crippen molar-refractivity contribution in [1.82, 2.24) is 15.6 Å². The van der Waals surface area contributed by atoms with Crippen molar-refractivity contribution in [2.75, 3.05) is 30.0 Å². The lowest BCUT2D eigenvalue weighted by Crippen LogP contribution is -2.49. The number of aryl methyl sites for hydroxylation is 1. The Morgan fingerprint density at radius 1 is 1.14 bits per heavy atom. The highest BCUT2D eigenvalue weighted by atomic mass is 19.1. The Morgan fingerprint density at radius 3 is 2.49 bits per heavy atom. The third-order valence-electron chi connectivity index (χ3n) is 8.89. The molecular weight excluding hydrogens is 557 g/mol. The Morgan fingerprint density at radius 2 is 1.84 bits per heavy atom. The van der Waals surface area contributed by atoms with E-state index in [1.165, 1.54) is 11.0 Å². The van der Waals surface area contributed by atoms with Crippen molar-refractivity contribution < 1.29 is 32.9 Å². The molecule has 3 amide bonds. The minimum absolute atomic E-state index is 0.0443. The molecule has 1 aromatic carbocycles. The van der Waals surface area contributed by atoms with Crippen molar-refractivity contribution in [3.05, 3.63) is 34.9 Å². The van der Waals surface area contributed by atoms with Gasteiger partial charge < -0.3 is 20.1 Å². The molecular formula is C31H42FN5O6. The van der Waals surface area contributed by atoms with E-state index in [0.29, 0.717) is 55.3 Å². The van der Waals surface area contributed by atoms with Crippen molar-refractivity contribution in [2.24, 2.45) is 11.8 Å². The molecule has 1 aromatic heterocycles. The van der Waals surface area contributed by atoms with E-state index in [1.54, 1.807) is 26.8 Å². The summed E-state index contributed by atoms with van der Waals surface area (Å²) in [5.74, 6) is -1.11. The minimum atomic E-state index is -0.887. The fraction of sp³-hybridized carbons (Fsp3) is 0.645. The van der Waals surface area contributed by atoms with Crippen LogP contribution in [-0.2, 0) is 26.1 Å². The van der Waals surface area contributed by atoms with Crippen LogP contribution in [0.4, 0.5) is 20.6 Å². The molecule has 0 unspecified atom stereocenters. The summed E-state index contributed by atoms with van der Waals surface area (Å²) in [4.78, 5) is 41.8. The van der Waals surface area contributed by atoms with Gasteiger partial charge in [-0.25, -0.2) is 13.8 Å². The van der Waals surface area contributed by atoms with Gasteiger partial charge in [0.25, 0.3) is 5.91 Å². The predicted molar refractivity (Wildman–Crippen MR) is 156 cm³/mol. The van der Waals surface area contributed by atoms with Crippen molar-refractivity contribution in [3.8, 4) is 0 Å². The highest BCUT2D eigenvalue weighted by Gasteiger charge is 2.49. The number of ether oxygens (including phenoxy) is 2. The maximum Gasteiger partial charge on any atom is 0.414 e. The third kappa shape index (κ3) is 6.53. The Kier molecular flexibility index (Phi) is 8.78. The highest BCUT2D eigenvalue weighted by molar-refractivity contribution is 6.02. The molecule has 1 atom stereocenters. The number of rotatable bonds is 6. The molecule has 2 N–H and O–H groups in total. The number of carbonyl (C=O) groups is 3. The number of halogens is 1. The summed E-state index contributed by atoms with van der Waals surface area (Å²) in [6.45, 7) is 10.5. The topological polar surface area (TPSA) is 136 Å². The van der Waals surface area contributed by atoms with Crippen molar-refractivity contribution in [2.45, 2.75) is 96.6 Å². The first-order chi connectivity index (χ1) is 20.4. The van der Waals surface area contributed by atoms with Gasteiger partial charge in [0.2, 0.25) is 5.91 Å². The molecule has 1 saturated carbocycles. The molecule has 0 bridgehead atoms. The van der Waals surface area contributed by atoms with Gasteiger partial charge in [0.05, 0.1) is 5.69 Å². The highest BCUT2D eigenvalue weighted by Crippen LogP contribution is 2.49. The van der Waals surface area contributed by atoms with Crippen LogP contribution in [0.15, 0.2) is 16.8 Å². The standard InChI is InChI=1S/C31H42FN5O6/c1-6-22-26(36-43-35-22)28(39)34-25(19-9-7-18(2)8-10-19)27(38)33-20-15-21(32)24-23(16-20)37(29(40)42-30(3,4)5)17-31(24)11-13-41-14-12-31/h15-16,18-19,25H,6-14,17H2,1-5H3,(H,33,38)(H,34,39)/t18-,19-,25-/m0/s1. The van der Waals surface area contributed by atoms with Gasteiger partial charge >= 0.3 is 6.09 Å². The van der Waals surface area contributed by atoms with E-state index in [0.717, 1.165) is 25.7 Å². The van der Waals surface area contributed by atoms with Gasteiger partial charge in [-0.05, 0) is 82.0 Å². The molecule has 43 heavy (non-hydrogen) atoms. The van der Waals surface area contributed by atoms with Gasteiger partial charge in [0.1, 0.15) is 23.2 Å². The van der Waals surface area contributed by atoms with Gasteiger partial charge in [0, 0.05) is 36.4 Å². The summed E-state index contributed by atoms with van der Waals surface area (Å²) >= 11 is 0. The van der Waals surface area contributed by atoms with Crippen LogP contribution in [-0.4, -0.2) is 59.6 Å². The number of carbonyl (C=O) groups excluding carboxylic acids is 3. The average molecular weight is 600 g/mol. The summed E-state index contributed by atoms with van der Waals surface area (Å²) in [5, 5.41) is 13.2. The molecule has 0 radical (unpaired) electrons. The molecule has 1 aliphatic carbocycles. The molecule has 3 heterocycles. The Labute approximate surface area is 251 Å². The van der Waals surface area contributed by atoms with Crippen LogP contribution in [0.3, 0.4) is 0 Å². The lowest BCUT2D eigenvalue weighted by atomic mass is 9.75. The van der Waals surface area contributed by atoms with E-state index in [1.807, 2.05) is 6.92 Å². The zero-order valence-electron chi connectivity index (χ0n) is 25.6. The fourth-order valence-corrected chi connectivity index (χ4v) is 6.58. The van der Waals surface area contributed by atoms with E-state index < -0.39 is 40.8 Å². The summed E-state index contributed by atoms with van der Waals surface area (Å²) in [5.41, 5.74) is 0.111. The first kappa shape index (κ1) is 30.9. The first-order valence-corrected chi connectivity index (χ1v) is 15.3. The lowest BCUT2D eigenvalue weighted by Gasteiger charge is -2.34. The maximum atomic E-state index is 16.0.